The second-order valence-electron chi connectivity index (χ2n) is 6.89. The van der Waals surface area contributed by atoms with E-state index in [4.69, 9.17) is 11.6 Å². The van der Waals surface area contributed by atoms with Crippen LogP contribution in [0.2, 0.25) is 5.02 Å². The van der Waals surface area contributed by atoms with Crippen molar-refractivity contribution in [3.8, 4) is 5.75 Å². The Morgan fingerprint density at radius 3 is 2.21 bits per heavy atom. The lowest BCUT2D eigenvalue weighted by Crippen LogP contribution is -2.25. The molecule has 8 heteroatoms. The van der Waals surface area contributed by atoms with Crippen LogP contribution in [-0.4, -0.2) is 0 Å². The highest BCUT2D eigenvalue weighted by atomic mass is 35.5. The maximum atomic E-state index is 14.5. The van der Waals surface area contributed by atoms with Crippen molar-refractivity contribution in [2.45, 2.75) is 38.2 Å². The molecule has 0 radical (unpaired) electrons. The summed E-state index contributed by atoms with van der Waals surface area (Å²) in [7, 11) is 0. The third-order valence-corrected chi connectivity index (χ3v) is 5.38. The molecular formula is C21H17ClF6O. The first-order valence-corrected chi connectivity index (χ1v) is 9.39. The molecule has 0 spiro atoms. The molecule has 1 aliphatic rings. The van der Waals surface area contributed by atoms with Crippen molar-refractivity contribution < 1.29 is 31.1 Å². The van der Waals surface area contributed by atoms with Crippen LogP contribution in [-0.2, 0) is 6.11 Å². The molecule has 0 N–H and O–H groups in total. The quantitative estimate of drug-likeness (QED) is 0.269. The predicted octanol–water partition coefficient (Wildman–Crippen LogP) is 7.48. The van der Waals surface area contributed by atoms with Gasteiger partial charge in [0.05, 0.1) is 0 Å². The molecule has 0 aromatic heterocycles. The summed E-state index contributed by atoms with van der Waals surface area (Å²) in [5.41, 5.74) is -1.41. The van der Waals surface area contributed by atoms with Crippen LogP contribution in [0.15, 0.2) is 36.4 Å². The number of hydrogen-bond donors (Lipinski definition) is 0. The normalized spacial score (nSPS) is 19.4. The monoisotopic (exact) mass is 434 g/mol. The molecule has 0 bridgehead atoms. The smallest absolute Gasteiger partial charge is 0.429 e. The van der Waals surface area contributed by atoms with Gasteiger partial charge in [-0.05, 0) is 36.8 Å². The summed E-state index contributed by atoms with van der Waals surface area (Å²) in [4.78, 5) is 0. The van der Waals surface area contributed by atoms with Crippen LogP contribution in [0.3, 0.4) is 0 Å². The minimum Gasteiger partial charge on any atom is -0.429 e. The Labute approximate surface area is 168 Å². The maximum Gasteiger partial charge on any atom is 0.429 e. The van der Waals surface area contributed by atoms with Crippen LogP contribution in [0.25, 0.3) is 0 Å². The van der Waals surface area contributed by atoms with Gasteiger partial charge in [0.15, 0.2) is 11.6 Å². The molecule has 1 nitrogen and oxygen atoms in total. The molecule has 2 aromatic carbocycles. The van der Waals surface area contributed by atoms with E-state index >= 15 is 0 Å². The van der Waals surface area contributed by atoms with E-state index in [1.807, 2.05) is 13.0 Å². The van der Waals surface area contributed by atoms with Gasteiger partial charge in [-0.1, -0.05) is 36.7 Å². The van der Waals surface area contributed by atoms with Crippen LogP contribution < -0.4 is 4.74 Å². The number of benzene rings is 2. The van der Waals surface area contributed by atoms with E-state index in [1.54, 1.807) is 6.08 Å². The van der Waals surface area contributed by atoms with Gasteiger partial charge in [0, 0.05) is 18.1 Å². The molecule has 2 unspecified atom stereocenters. The van der Waals surface area contributed by atoms with Crippen LogP contribution in [0.1, 0.15) is 43.2 Å². The average molecular weight is 435 g/mol. The fraction of sp³-hybridized carbons (Fsp3) is 0.333. The minimum atomic E-state index is -4.37. The molecule has 29 heavy (non-hydrogen) atoms. The highest BCUT2D eigenvalue weighted by molar-refractivity contribution is 6.30. The van der Waals surface area contributed by atoms with Crippen molar-refractivity contribution in [1.82, 2.24) is 0 Å². The molecule has 0 amide bonds. The number of ether oxygens (including phenoxy) is 1. The zero-order chi connectivity index (χ0) is 21.3. The molecule has 3 rings (SSSR count). The zero-order valence-corrected chi connectivity index (χ0v) is 16.1. The second-order valence-corrected chi connectivity index (χ2v) is 7.27. The molecule has 0 heterocycles. The van der Waals surface area contributed by atoms with Crippen molar-refractivity contribution >= 4 is 11.6 Å². The molecule has 2 atom stereocenters. The standard InChI is InChI=1S/C21H17ClF6O/c1-2-11-3-5-12(6-4-11)14-7-8-15(20(26)19(14)25)21(27,28)29-13-9-16(23)18(22)17(24)10-13/h3,5,7-12H,2,4,6H2,1H3. The van der Waals surface area contributed by atoms with E-state index in [1.165, 1.54) is 0 Å². The van der Waals surface area contributed by atoms with Crippen molar-refractivity contribution in [3.05, 3.63) is 75.8 Å². The lowest BCUT2D eigenvalue weighted by molar-refractivity contribution is -0.187. The van der Waals surface area contributed by atoms with Gasteiger partial charge in [-0.15, -0.1) is 0 Å². The molecule has 0 saturated carbocycles. The molecule has 0 fully saturated rings. The van der Waals surface area contributed by atoms with E-state index in [9.17, 15) is 26.3 Å². The summed E-state index contributed by atoms with van der Waals surface area (Å²) in [5.74, 6) is -6.80. The summed E-state index contributed by atoms with van der Waals surface area (Å²) < 4.78 is 88.9. The zero-order valence-electron chi connectivity index (χ0n) is 15.3. The van der Waals surface area contributed by atoms with Gasteiger partial charge in [0.2, 0.25) is 0 Å². The number of alkyl halides is 2. The Kier molecular flexibility index (Phi) is 6.17. The van der Waals surface area contributed by atoms with E-state index in [0.29, 0.717) is 24.5 Å². The lowest BCUT2D eigenvalue weighted by atomic mass is 9.83. The Balaban J connectivity index is 1.90. The van der Waals surface area contributed by atoms with Gasteiger partial charge >= 0.3 is 6.11 Å². The molecule has 0 aliphatic heterocycles. The lowest BCUT2D eigenvalue weighted by Gasteiger charge is -2.24. The number of rotatable bonds is 5. The summed E-state index contributed by atoms with van der Waals surface area (Å²) in [6, 6.07) is 2.66. The first kappa shape index (κ1) is 21.6. The van der Waals surface area contributed by atoms with Gasteiger partial charge in [-0.2, -0.15) is 8.78 Å². The van der Waals surface area contributed by atoms with Gasteiger partial charge in [-0.25, -0.2) is 17.6 Å². The molecule has 156 valence electrons. The van der Waals surface area contributed by atoms with E-state index < -0.39 is 51.6 Å². The van der Waals surface area contributed by atoms with Crippen LogP contribution in [0.5, 0.6) is 5.75 Å². The Morgan fingerprint density at radius 1 is 1.00 bits per heavy atom. The Morgan fingerprint density at radius 2 is 1.66 bits per heavy atom. The summed E-state index contributed by atoms with van der Waals surface area (Å²) in [6.07, 6.45) is 1.58. The summed E-state index contributed by atoms with van der Waals surface area (Å²) in [5, 5.41) is -0.895. The van der Waals surface area contributed by atoms with Crippen LogP contribution in [0, 0.1) is 29.2 Å². The molecular weight excluding hydrogens is 418 g/mol. The van der Waals surface area contributed by atoms with E-state index in [0.717, 1.165) is 25.0 Å². The Bertz CT molecular complexity index is 920. The molecule has 0 saturated heterocycles. The number of hydrogen-bond acceptors (Lipinski definition) is 1. The highest BCUT2D eigenvalue weighted by Crippen LogP contribution is 2.39. The first-order valence-electron chi connectivity index (χ1n) is 9.02. The van der Waals surface area contributed by atoms with Crippen LogP contribution >= 0.6 is 11.6 Å². The molecule has 1 aliphatic carbocycles. The van der Waals surface area contributed by atoms with Crippen LogP contribution in [0.4, 0.5) is 26.3 Å². The van der Waals surface area contributed by atoms with Crippen molar-refractivity contribution in [1.29, 1.82) is 0 Å². The number of allylic oxidation sites excluding steroid dienone is 2. The summed E-state index contributed by atoms with van der Waals surface area (Å²) in [6.45, 7) is 2.02. The van der Waals surface area contributed by atoms with Gasteiger partial charge in [-0.3, -0.25) is 0 Å². The largest absolute Gasteiger partial charge is 0.429 e. The Hall–Kier alpha value is -2.15. The second kappa shape index (κ2) is 8.30. The van der Waals surface area contributed by atoms with Crippen molar-refractivity contribution in [3.63, 3.8) is 0 Å². The topological polar surface area (TPSA) is 9.23 Å². The van der Waals surface area contributed by atoms with Crippen molar-refractivity contribution in [2.75, 3.05) is 0 Å². The first-order chi connectivity index (χ1) is 13.6. The highest BCUT2D eigenvalue weighted by Gasteiger charge is 2.40. The average Bonchev–Trinajstić information content (AvgIpc) is 2.67. The molecule has 2 aromatic rings. The minimum absolute atomic E-state index is 0.0311. The fourth-order valence-electron chi connectivity index (χ4n) is 3.35. The third kappa shape index (κ3) is 4.39. The third-order valence-electron chi connectivity index (χ3n) is 5.02. The number of halogens is 7. The van der Waals surface area contributed by atoms with Gasteiger partial charge in [0.1, 0.15) is 28.0 Å². The van der Waals surface area contributed by atoms with Crippen molar-refractivity contribution in [2.24, 2.45) is 5.92 Å². The van der Waals surface area contributed by atoms with E-state index in [-0.39, 0.29) is 5.56 Å². The predicted molar refractivity (Wildman–Crippen MR) is 97.1 cm³/mol. The van der Waals surface area contributed by atoms with Gasteiger partial charge < -0.3 is 4.74 Å². The van der Waals surface area contributed by atoms with E-state index in [2.05, 4.69) is 4.74 Å². The summed E-state index contributed by atoms with van der Waals surface area (Å²) >= 11 is 5.29. The fourth-order valence-corrected chi connectivity index (χ4v) is 3.46. The maximum absolute atomic E-state index is 14.5. The SMILES string of the molecule is CCC1C=CC(c2ccc(C(F)(F)Oc3cc(F)c(Cl)c(F)c3)c(F)c2F)CC1. The van der Waals surface area contributed by atoms with Gasteiger partial charge in [0.25, 0.3) is 0 Å².